The van der Waals surface area contributed by atoms with Crippen LogP contribution in [-0.2, 0) is 4.74 Å². The maximum Gasteiger partial charge on any atom is 0.269 e. The second-order valence-corrected chi connectivity index (χ2v) is 5.66. The largest absolute Gasteiger partial charge is 0.382 e. The van der Waals surface area contributed by atoms with Crippen LogP contribution in [0.5, 0.6) is 0 Å². The van der Waals surface area contributed by atoms with Crippen molar-refractivity contribution >= 4 is 29.2 Å². The predicted molar refractivity (Wildman–Crippen MR) is 105 cm³/mol. The van der Waals surface area contributed by atoms with E-state index in [1.165, 1.54) is 12.1 Å². The van der Waals surface area contributed by atoms with Crippen molar-refractivity contribution in [2.45, 2.75) is 13.3 Å². The average molecular weight is 375 g/mol. The minimum Gasteiger partial charge on any atom is -0.382 e. The van der Waals surface area contributed by atoms with Crippen LogP contribution in [-0.4, -0.2) is 40.6 Å². The van der Waals surface area contributed by atoms with Crippen LogP contribution >= 0.6 is 12.2 Å². The highest BCUT2D eigenvalue weighted by Gasteiger charge is 2.06. The molecule has 0 fully saturated rings. The average Bonchev–Trinajstić information content (AvgIpc) is 3.10. The Balaban J connectivity index is 1.89. The number of aromatic nitrogens is 1. The Morgan fingerprint density at radius 2 is 2.15 bits per heavy atom. The highest BCUT2D eigenvalue weighted by atomic mass is 32.1. The van der Waals surface area contributed by atoms with Gasteiger partial charge in [0.25, 0.3) is 5.69 Å². The standard InChI is InChI=1S/C17H21N5O3S/c1-2-25-12-4-10-18-17(26)20-19-13-16-5-3-11-21(16)14-6-8-15(9-7-14)22(23)24/h3,5-9,11,13H,2,4,10,12H2,1H3,(H2,18,20,26)/b19-13-. The lowest BCUT2D eigenvalue weighted by Crippen LogP contribution is -2.33. The van der Waals surface area contributed by atoms with Gasteiger partial charge < -0.3 is 14.6 Å². The second kappa shape index (κ2) is 10.3. The summed E-state index contributed by atoms with van der Waals surface area (Å²) >= 11 is 5.14. The maximum atomic E-state index is 10.7. The first-order valence-electron chi connectivity index (χ1n) is 8.18. The Labute approximate surface area is 157 Å². The van der Waals surface area contributed by atoms with Gasteiger partial charge in [0.05, 0.1) is 16.8 Å². The van der Waals surface area contributed by atoms with E-state index in [0.29, 0.717) is 24.9 Å². The molecule has 0 atom stereocenters. The third kappa shape index (κ3) is 5.94. The van der Waals surface area contributed by atoms with Crippen LogP contribution in [0.3, 0.4) is 0 Å². The molecule has 26 heavy (non-hydrogen) atoms. The molecule has 1 aromatic heterocycles. The molecule has 2 N–H and O–H groups in total. The van der Waals surface area contributed by atoms with E-state index in [-0.39, 0.29) is 5.69 Å². The third-order valence-electron chi connectivity index (χ3n) is 3.44. The molecule has 1 aromatic carbocycles. The molecule has 0 saturated heterocycles. The summed E-state index contributed by atoms with van der Waals surface area (Å²) in [5, 5.41) is 18.3. The molecule has 1 heterocycles. The summed E-state index contributed by atoms with van der Waals surface area (Å²) in [6.45, 7) is 4.07. The molecule has 0 unspecified atom stereocenters. The Hall–Kier alpha value is -2.78. The van der Waals surface area contributed by atoms with Crippen LogP contribution in [0, 0.1) is 10.1 Å². The number of non-ortho nitro benzene ring substituents is 1. The van der Waals surface area contributed by atoms with Gasteiger partial charge in [-0.05, 0) is 49.8 Å². The summed E-state index contributed by atoms with van der Waals surface area (Å²) in [7, 11) is 0. The molecule has 0 aliphatic rings. The minimum atomic E-state index is -0.423. The highest BCUT2D eigenvalue weighted by Crippen LogP contribution is 2.16. The third-order valence-corrected chi connectivity index (χ3v) is 3.67. The summed E-state index contributed by atoms with van der Waals surface area (Å²) in [6.07, 6.45) is 4.35. The molecule has 0 bridgehead atoms. The maximum absolute atomic E-state index is 10.7. The van der Waals surface area contributed by atoms with Crippen LogP contribution < -0.4 is 10.7 Å². The molecule has 0 aliphatic carbocycles. The Bertz CT molecular complexity index is 758. The molecule has 9 heteroatoms. The Morgan fingerprint density at radius 3 is 2.85 bits per heavy atom. The van der Waals surface area contributed by atoms with Crippen LogP contribution in [0.4, 0.5) is 5.69 Å². The lowest BCUT2D eigenvalue weighted by atomic mass is 10.3. The zero-order valence-electron chi connectivity index (χ0n) is 14.4. The minimum absolute atomic E-state index is 0.0542. The number of ether oxygens (including phenoxy) is 1. The number of hydrazone groups is 1. The van der Waals surface area contributed by atoms with Crippen LogP contribution in [0.1, 0.15) is 19.0 Å². The normalized spacial score (nSPS) is 10.8. The topological polar surface area (TPSA) is 93.7 Å². The summed E-state index contributed by atoms with van der Waals surface area (Å²) in [5.74, 6) is 0. The second-order valence-electron chi connectivity index (χ2n) is 5.25. The number of hydrogen-bond acceptors (Lipinski definition) is 5. The molecular weight excluding hydrogens is 354 g/mol. The van der Waals surface area contributed by atoms with E-state index in [4.69, 9.17) is 17.0 Å². The van der Waals surface area contributed by atoms with Crippen molar-refractivity contribution in [3.63, 3.8) is 0 Å². The van der Waals surface area contributed by atoms with Gasteiger partial charge in [0.15, 0.2) is 5.11 Å². The van der Waals surface area contributed by atoms with E-state index in [9.17, 15) is 10.1 Å². The molecule has 0 radical (unpaired) electrons. The number of nitrogens with one attached hydrogen (secondary N) is 2. The van der Waals surface area contributed by atoms with E-state index < -0.39 is 4.92 Å². The summed E-state index contributed by atoms with van der Waals surface area (Å²) in [6, 6.07) is 10.1. The fourth-order valence-electron chi connectivity index (χ4n) is 2.19. The van der Waals surface area contributed by atoms with Gasteiger partial charge in [0.1, 0.15) is 0 Å². The number of nitro groups is 1. The van der Waals surface area contributed by atoms with Crippen molar-refractivity contribution in [2.24, 2.45) is 5.10 Å². The zero-order valence-corrected chi connectivity index (χ0v) is 15.2. The number of hydrogen-bond donors (Lipinski definition) is 2. The number of nitro benzene ring substituents is 1. The van der Waals surface area contributed by atoms with Gasteiger partial charge in [-0.1, -0.05) is 0 Å². The summed E-state index contributed by atoms with van der Waals surface area (Å²) in [5.41, 5.74) is 4.43. The number of thiocarbonyl (C=S) groups is 1. The molecule has 2 rings (SSSR count). The van der Waals surface area contributed by atoms with E-state index in [2.05, 4.69) is 15.8 Å². The van der Waals surface area contributed by atoms with Gasteiger partial charge in [-0.3, -0.25) is 15.5 Å². The SMILES string of the molecule is CCOCCCNC(=S)N/N=C\c1cccn1-c1ccc([N+](=O)[O-])cc1. The van der Waals surface area contributed by atoms with E-state index >= 15 is 0 Å². The smallest absolute Gasteiger partial charge is 0.269 e. The first kappa shape index (κ1) is 19.5. The Morgan fingerprint density at radius 1 is 1.38 bits per heavy atom. The fraction of sp³-hybridized carbons (Fsp3) is 0.294. The lowest BCUT2D eigenvalue weighted by molar-refractivity contribution is -0.384. The monoisotopic (exact) mass is 375 g/mol. The molecule has 0 amide bonds. The van der Waals surface area contributed by atoms with Crippen molar-refractivity contribution in [3.8, 4) is 5.69 Å². The first-order chi connectivity index (χ1) is 12.6. The van der Waals surface area contributed by atoms with E-state index in [1.807, 2.05) is 29.8 Å². The zero-order chi connectivity index (χ0) is 18.8. The van der Waals surface area contributed by atoms with E-state index in [1.54, 1.807) is 18.3 Å². The predicted octanol–water partition coefficient (Wildman–Crippen LogP) is 2.61. The lowest BCUT2D eigenvalue weighted by Gasteiger charge is -2.08. The van der Waals surface area contributed by atoms with Crippen molar-refractivity contribution in [1.82, 2.24) is 15.3 Å². The molecule has 2 aromatic rings. The molecular formula is C17H21N5O3S. The number of nitrogens with zero attached hydrogens (tertiary/aromatic N) is 3. The Kier molecular flexibility index (Phi) is 7.72. The van der Waals surface area contributed by atoms with Gasteiger partial charge in [-0.2, -0.15) is 5.10 Å². The molecule has 138 valence electrons. The van der Waals surface area contributed by atoms with Crippen LogP contribution in [0.25, 0.3) is 5.69 Å². The van der Waals surface area contributed by atoms with Crippen LogP contribution in [0.15, 0.2) is 47.7 Å². The van der Waals surface area contributed by atoms with Gasteiger partial charge in [0, 0.05) is 43.8 Å². The van der Waals surface area contributed by atoms with E-state index in [0.717, 1.165) is 17.8 Å². The van der Waals surface area contributed by atoms with Gasteiger partial charge in [-0.25, -0.2) is 0 Å². The first-order valence-corrected chi connectivity index (χ1v) is 8.59. The summed E-state index contributed by atoms with van der Waals surface area (Å²) in [4.78, 5) is 10.3. The van der Waals surface area contributed by atoms with Crippen molar-refractivity contribution in [1.29, 1.82) is 0 Å². The van der Waals surface area contributed by atoms with Crippen molar-refractivity contribution in [2.75, 3.05) is 19.8 Å². The van der Waals surface area contributed by atoms with Crippen LogP contribution in [0.2, 0.25) is 0 Å². The quantitative estimate of drug-likeness (QED) is 0.230. The molecule has 0 spiro atoms. The van der Waals surface area contributed by atoms with Crippen molar-refractivity contribution < 1.29 is 9.66 Å². The van der Waals surface area contributed by atoms with Gasteiger partial charge in [0.2, 0.25) is 0 Å². The molecule has 0 saturated carbocycles. The number of rotatable bonds is 9. The van der Waals surface area contributed by atoms with Crippen molar-refractivity contribution in [3.05, 3.63) is 58.4 Å². The van der Waals surface area contributed by atoms with Gasteiger partial charge >= 0.3 is 0 Å². The number of benzene rings is 1. The fourth-order valence-corrected chi connectivity index (χ4v) is 2.34. The van der Waals surface area contributed by atoms with Gasteiger partial charge in [-0.15, -0.1) is 0 Å². The molecule has 0 aliphatic heterocycles. The highest BCUT2D eigenvalue weighted by molar-refractivity contribution is 7.80. The summed E-state index contributed by atoms with van der Waals surface area (Å²) < 4.78 is 7.12. The molecule has 8 nitrogen and oxygen atoms in total.